The molecule has 1 aromatic carbocycles. The van der Waals surface area contributed by atoms with Crippen molar-refractivity contribution in [2.45, 2.75) is 121 Å². The highest BCUT2D eigenvalue weighted by atomic mass is 16.3. The number of nitrogens with one attached hydrogen (secondary N) is 4. The largest absolute Gasteiger partial charge is 0.390 e. The molecule has 3 unspecified atom stereocenters. The van der Waals surface area contributed by atoms with Crippen LogP contribution in [0.4, 0.5) is 0 Å². The van der Waals surface area contributed by atoms with E-state index in [4.69, 9.17) is 5.73 Å². The van der Waals surface area contributed by atoms with Crippen molar-refractivity contribution in [2.24, 2.45) is 17.6 Å². The van der Waals surface area contributed by atoms with Gasteiger partial charge in [-0.2, -0.15) is 0 Å². The summed E-state index contributed by atoms with van der Waals surface area (Å²) in [5, 5.41) is 25.9. The van der Waals surface area contributed by atoms with E-state index in [9.17, 15) is 9.90 Å². The summed E-state index contributed by atoms with van der Waals surface area (Å²) < 4.78 is 0. The maximum Gasteiger partial charge on any atom is 0.237 e. The van der Waals surface area contributed by atoms with Crippen LogP contribution in [-0.2, 0) is 11.2 Å². The van der Waals surface area contributed by atoms with Crippen molar-refractivity contribution in [1.29, 1.82) is 0 Å². The molecule has 42 heavy (non-hydrogen) atoms. The van der Waals surface area contributed by atoms with Gasteiger partial charge in [0.1, 0.15) is 0 Å². The Morgan fingerprint density at radius 1 is 1.10 bits per heavy atom. The summed E-state index contributed by atoms with van der Waals surface area (Å²) in [4.78, 5) is 15.6. The summed E-state index contributed by atoms with van der Waals surface area (Å²) in [6.45, 7) is 11.4. The molecule has 1 aliphatic carbocycles. The molecule has 8 heteroatoms. The number of amides is 1. The molecule has 3 fully saturated rings. The summed E-state index contributed by atoms with van der Waals surface area (Å²) in [5.74, 6) is 1.63. The van der Waals surface area contributed by atoms with Crippen LogP contribution < -0.4 is 27.0 Å². The molecule has 7 N–H and O–H groups in total. The van der Waals surface area contributed by atoms with E-state index in [1.165, 1.54) is 37.7 Å². The number of aliphatic hydroxyl groups is 1. The summed E-state index contributed by atoms with van der Waals surface area (Å²) in [7, 11) is 0. The number of aliphatic hydroxyl groups excluding tert-OH is 1. The Balaban J connectivity index is 1.43. The van der Waals surface area contributed by atoms with Gasteiger partial charge in [-0.15, -0.1) is 0 Å². The smallest absolute Gasteiger partial charge is 0.237 e. The normalized spacial score (nSPS) is 27.5. The minimum Gasteiger partial charge on any atom is -0.390 e. The van der Waals surface area contributed by atoms with Gasteiger partial charge in [-0.05, 0) is 89.8 Å². The zero-order valence-electron chi connectivity index (χ0n) is 26.6. The van der Waals surface area contributed by atoms with Crippen LogP contribution >= 0.6 is 0 Å². The number of likely N-dealkylation sites (tertiary alicyclic amines) is 1. The average Bonchev–Trinajstić information content (AvgIpc) is 2.98. The second-order valence-electron chi connectivity index (χ2n) is 14.3. The van der Waals surface area contributed by atoms with Crippen LogP contribution in [0, 0.1) is 11.8 Å². The standard InChI is InChI=1S/C34H60N6O2/c1-34(2,3)38-22-29-20-26-13-7-8-14-27(26)23-40(29)24-32(41)31(19-25-11-5-4-6-12-25)37-21-28(16-17-35)39-33(42)30-15-9-10-18-36-30/h4-6,11-12,26-32,36-38,41H,7-10,13-24,35H2,1-3H3,(H,39,42)/t26?,27?,28-,29-,30?,31-,32+/m0/s1. The van der Waals surface area contributed by atoms with E-state index in [-0.39, 0.29) is 29.6 Å². The van der Waals surface area contributed by atoms with E-state index < -0.39 is 6.10 Å². The molecule has 0 radical (unpaired) electrons. The van der Waals surface area contributed by atoms with Crippen LogP contribution in [-0.4, -0.2) is 91.0 Å². The highest BCUT2D eigenvalue weighted by molar-refractivity contribution is 5.82. The van der Waals surface area contributed by atoms with Crippen molar-refractivity contribution in [3.63, 3.8) is 0 Å². The quantitative estimate of drug-likeness (QED) is 0.199. The first-order valence-corrected chi connectivity index (χ1v) is 16.9. The molecule has 4 rings (SSSR count). The third-order valence-corrected chi connectivity index (χ3v) is 9.79. The van der Waals surface area contributed by atoms with E-state index in [0.29, 0.717) is 32.1 Å². The number of carbonyl (C=O) groups excluding carboxylic acids is 1. The molecule has 3 aliphatic rings. The predicted molar refractivity (Wildman–Crippen MR) is 172 cm³/mol. The fraction of sp³-hybridized carbons (Fsp3) is 0.794. The first-order chi connectivity index (χ1) is 20.2. The van der Waals surface area contributed by atoms with Crippen molar-refractivity contribution in [3.05, 3.63) is 35.9 Å². The zero-order valence-corrected chi connectivity index (χ0v) is 26.6. The molecule has 8 nitrogen and oxygen atoms in total. The molecule has 1 saturated carbocycles. The minimum absolute atomic E-state index is 0.0691. The monoisotopic (exact) mass is 584 g/mol. The van der Waals surface area contributed by atoms with Crippen LogP contribution in [0.2, 0.25) is 0 Å². The Hall–Kier alpha value is -1.55. The maximum absolute atomic E-state index is 13.0. The predicted octanol–water partition coefficient (Wildman–Crippen LogP) is 2.79. The Bertz CT molecular complexity index is 918. The van der Waals surface area contributed by atoms with Crippen LogP contribution in [0.15, 0.2) is 30.3 Å². The average molecular weight is 585 g/mol. The Morgan fingerprint density at radius 3 is 2.52 bits per heavy atom. The molecule has 2 heterocycles. The first kappa shape index (κ1) is 33.3. The number of carbonyl (C=O) groups is 1. The number of nitrogens with zero attached hydrogens (tertiary/aromatic N) is 1. The number of hydrogen-bond acceptors (Lipinski definition) is 7. The molecule has 1 amide bonds. The highest BCUT2D eigenvalue weighted by Crippen LogP contribution is 2.38. The van der Waals surface area contributed by atoms with Gasteiger partial charge in [-0.3, -0.25) is 9.69 Å². The summed E-state index contributed by atoms with van der Waals surface area (Å²) in [6, 6.07) is 10.6. The first-order valence-electron chi connectivity index (χ1n) is 16.9. The van der Waals surface area contributed by atoms with Gasteiger partial charge in [0.15, 0.2) is 0 Å². The molecule has 0 aromatic heterocycles. The Morgan fingerprint density at radius 2 is 1.83 bits per heavy atom. The fourth-order valence-corrected chi connectivity index (χ4v) is 7.32. The lowest BCUT2D eigenvalue weighted by molar-refractivity contribution is -0.124. The van der Waals surface area contributed by atoms with Gasteiger partial charge in [0, 0.05) is 49.8 Å². The molecule has 2 saturated heterocycles. The molecule has 2 aliphatic heterocycles. The SMILES string of the molecule is CC(C)(C)NC[C@@H]1CC2CCCCC2CN1C[C@@H](O)[C@H](Cc1ccccc1)NC[C@H](CCN)NC(=O)C1CCCCN1. The second-order valence-corrected chi connectivity index (χ2v) is 14.3. The number of nitrogens with two attached hydrogens (primary N) is 1. The van der Waals surface area contributed by atoms with E-state index in [0.717, 1.165) is 57.2 Å². The molecular formula is C34H60N6O2. The lowest BCUT2D eigenvalue weighted by Crippen LogP contribution is -2.58. The summed E-state index contributed by atoms with van der Waals surface area (Å²) in [5.41, 5.74) is 7.24. The number of hydrogen-bond donors (Lipinski definition) is 6. The van der Waals surface area contributed by atoms with Gasteiger partial charge in [-0.25, -0.2) is 0 Å². The van der Waals surface area contributed by atoms with Crippen LogP contribution in [0.25, 0.3) is 0 Å². The van der Waals surface area contributed by atoms with Gasteiger partial charge >= 0.3 is 0 Å². The molecule has 238 valence electrons. The van der Waals surface area contributed by atoms with E-state index in [1.54, 1.807) is 0 Å². The van der Waals surface area contributed by atoms with Gasteiger partial charge in [-0.1, -0.05) is 56.0 Å². The third-order valence-electron chi connectivity index (χ3n) is 9.79. The number of fused-ring (bicyclic) bond motifs is 1. The van der Waals surface area contributed by atoms with Crippen molar-refractivity contribution >= 4 is 5.91 Å². The van der Waals surface area contributed by atoms with Crippen LogP contribution in [0.3, 0.4) is 0 Å². The Labute approximate surface area is 255 Å². The molecule has 0 spiro atoms. The number of benzene rings is 1. The lowest BCUT2D eigenvalue weighted by atomic mass is 9.72. The van der Waals surface area contributed by atoms with Gasteiger partial charge < -0.3 is 32.1 Å². The summed E-state index contributed by atoms with van der Waals surface area (Å²) in [6.07, 6.45) is 10.6. The van der Waals surface area contributed by atoms with Gasteiger partial charge in [0.05, 0.1) is 12.1 Å². The number of piperidine rings is 2. The number of β-amino-alcohol motifs (C(OH)–C–C–N with tert-alkyl or cyclic N) is 1. The minimum atomic E-state index is -0.531. The topological polar surface area (TPSA) is 115 Å². The molecule has 1 aromatic rings. The van der Waals surface area contributed by atoms with E-state index in [2.05, 4.69) is 71.2 Å². The second kappa shape index (κ2) is 16.5. The Kier molecular flexibility index (Phi) is 13.1. The zero-order chi connectivity index (χ0) is 30.0. The molecule has 0 bridgehead atoms. The van der Waals surface area contributed by atoms with Crippen molar-refractivity contribution in [3.8, 4) is 0 Å². The van der Waals surface area contributed by atoms with Crippen LogP contribution in [0.1, 0.15) is 84.1 Å². The lowest BCUT2D eigenvalue weighted by Gasteiger charge is -2.48. The van der Waals surface area contributed by atoms with E-state index >= 15 is 0 Å². The summed E-state index contributed by atoms with van der Waals surface area (Å²) >= 11 is 0. The number of rotatable bonds is 14. The molecule has 7 atom stereocenters. The van der Waals surface area contributed by atoms with Crippen molar-refractivity contribution < 1.29 is 9.90 Å². The highest BCUT2D eigenvalue weighted by Gasteiger charge is 2.38. The van der Waals surface area contributed by atoms with Crippen molar-refractivity contribution in [1.82, 2.24) is 26.2 Å². The third kappa shape index (κ3) is 10.6. The molecular weight excluding hydrogens is 524 g/mol. The fourth-order valence-electron chi connectivity index (χ4n) is 7.32. The van der Waals surface area contributed by atoms with Gasteiger partial charge in [0.2, 0.25) is 5.91 Å². The maximum atomic E-state index is 13.0. The van der Waals surface area contributed by atoms with Crippen LogP contribution in [0.5, 0.6) is 0 Å². The van der Waals surface area contributed by atoms with E-state index in [1.807, 2.05) is 6.07 Å². The van der Waals surface area contributed by atoms with Crippen molar-refractivity contribution in [2.75, 3.05) is 39.3 Å². The van der Waals surface area contributed by atoms with Gasteiger partial charge in [0.25, 0.3) is 0 Å².